The molecule has 5 rings (SSSR count). The van der Waals surface area contributed by atoms with Crippen LogP contribution in [-0.2, 0) is 26.3 Å². The first kappa shape index (κ1) is 25.5. The number of carbonyl (C=O) groups excluding carboxylic acids is 2. The van der Waals surface area contributed by atoms with Crippen LogP contribution in [0.1, 0.15) is 29.7 Å². The summed E-state index contributed by atoms with van der Waals surface area (Å²) in [5.74, 6) is -5.81. The molecule has 10 heteroatoms. The molecule has 196 valence electrons. The zero-order valence-corrected chi connectivity index (χ0v) is 20.1. The Morgan fingerprint density at radius 3 is 2.29 bits per heavy atom. The van der Waals surface area contributed by atoms with Crippen molar-refractivity contribution in [3.8, 4) is 5.75 Å². The van der Waals surface area contributed by atoms with Crippen molar-refractivity contribution in [1.82, 2.24) is 5.32 Å². The van der Waals surface area contributed by atoms with Gasteiger partial charge in [0.15, 0.2) is 5.54 Å². The molecular formula is C28H23F3N2O5. The predicted octanol–water partition coefficient (Wildman–Crippen LogP) is 4.58. The molecule has 3 aromatic carbocycles. The Hall–Kier alpha value is -4.18. The molecule has 4 atom stereocenters. The Kier molecular flexibility index (Phi) is 6.22. The van der Waals surface area contributed by atoms with Gasteiger partial charge >= 0.3 is 12.3 Å². The SMILES string of the molecule is CCc1ccc(N2C(=O)C3C(c4cccc(OC(F)(F)F)c4)NC(C(=O)O)(c4ccccc4)C3C2=O)cc1. The second-order valence-corrected chi connectivity index (χ2v) is 9.26. The summed E-state index contributed by atoms with van der Waals surface area (Å²) in [7, 11) is 0. The maximum Gasteiger partial charge on any atom is 0.573 e. The van der Waals surface area contributed by atoms with Crippen LogP contribution in [0.4, 0.5) is 18.9 Å². The number of hydrogen-bond acceptors (Lipinski definition) is 5. The Morgan fingerprint density at radius 1 is 1.00 bits per heavy atom. The Bertz CT molecular complexity index is 1390. The Labute approximate surface area is 215 Å². The van der Waals surface area contributed by atoms with E-state index in [1.165, 1.54) is 12.1 Å². The number of nitrogens with zero attached hydrogens (tertiary/aromatic N) is 1. The van der Waals surface area contributed by atoms with Gasteiger partial charge in [0.1, 0.15) is 5.75 Å². The van der Waals surface area contributed by atoms with Gasteiger partial charge in [0.25, 0.3) is 0 Å². The zero-order chi connectivity index (χ0) is 27.2. The quantitative estimate of drug-likeness (QED) is 0.459. The first-order valence-corrected chi connectivity index (χ1v) is 12.0. The summed E-state index contributed by atoms with van der Waals surface area (Å²) in [4.78, 5) is 41.7. The fourth-order valence-electron chi connectivity index (χ4n) is 5.52. The summed E-state index contributed by atoms with van der Waals surface area (Å²) in [6, 6.07) is 18.7. The maximum atomic E-state index is 13.9. The van der Waals surface area contributed by atoms with Crippen molar-refractivity contribution < 1.29 is 37.4 Å². The summed E-state index contributed by atoms with van der Waals surface area (Å²) in [6.07, 6.45) is -4.20. The van der Waals surface area contributed by atoms with Gasteiger partial charge in [0.2, 0.25) is 11.8 Å². The lowest BCUT2D eigenvalue weighted by Gasteiger charge is -2.31. The smallest absolute Gasteiger partial charge is 0.480 e. The average molecular weight is 524 g/mol. The molecular weight excluding hydrogens is 501 g/mol. The third-order valence-electron chi connectivity index (χ3n) is 7.18. The van der Waals surface area contributed by atoms with Gasteiger partial charge in [-0.15, -0.1) is 13.2 Å². The highest BCUT2D eigenvalue weighted by molar-refractivity contribution is 6.24. The van der Waals surface area contributed by atoms with Crippen LogP contribution in [0.25, 0.3) is 0 Å². The van der Waals surface area contributed by atoms with Crippen LogP contribution in [0.5, 0.6) is 5.75 Å². The predicted molar refractivity (Wildman–Crippen MR) is 130 cm³/mol. The Morgan fingerprint density at radius 2 is 1.68 bits per heavy atom. The van der Waals surface area contributed by atoms with E-state index in [-0.39, 0.29) is 11.1 Å². The molecule has 2 saturated heterocycles. The first-order valence-electron chi connectivity index (χ1n) is 12.0. The van der Waals surface area contributed by atoms with Gasteiger partial charge in [0, 0.05) is 6.04 Å². The molecule has 4 unspecified atom stereocenters. The van der Waals surface area contributed by atoms with Crippen LogP contribution in [0, 0.1) is 11.8 Å². The number of imide groups is 1. The van der Waals surface area contributed by atoms with Crippen LogP contribution in [0.15, 0.2) is 78.9 Å². The number of hydrogen-bond donors (Lipinski definition) is 2. The number of aryl methyl sites for hydroxylation is 1. The molecule has 0 aromatic heterocycles. The molecule has 2 fully saturated rings. The molecule has 0 saturated carbocycles. The van der Waals surface area contributed by atoms with Crippen molar-refractivity contribution in [2.75, 3.05) is 4.90 Å². The lowest BCUT2D eigenvalue weighted by molar-refractivity contribution is -0.274. The number of benzene rings is 3. The number of halogens is 3. The minimum Gasteiger partial charge on any atom is -0.480 e. The van der Waals surface area contributed by atoms with E-state index in [4.69, 9.17) is 0 Å². The number of ether oxygens (including phenoxy) is 1. The summed E-state index contributed by atoms with van der Waals surface area (Å²) in [5.41, 5.74) is -0.297. The number of nitrogens with one attached hydrogen (secondary N) is 1. The number of amides is 2. The molecule has 2 heterocycles. The van der Waals surface area contributed by atoms with E-state index >= 15 is 0 Å². The van der Waals surface area contributed by atoms with Crippen LogP contribution in [0.2, 0.25) is 0 Å². The summed E-state index contributed by atoms with van der Waals surface area (Å²) in [6.45, 7) is 1.96. The van der Waals surface area contributed by atoms with E-state index in [0.29, 0.717) is 5.69 Å². The second-order valence-electron chi connectivity index (χ2n) is 9.26. The van der Waals surface area contributed by atoms with Crippen molar-refractivity contribution in [3.05, 3.63) is 95.6 Å². The molecule has 2 N–H and O–H groups in total. The van der Waals surface area contributed by atoms with Crippen molar-refractivity contribution in [2.24, 2.45) is 11.8 Å². The van der Waals surface area contributed by atoms with Gasteiger partial charge in [-0.2, -0.15) is 0 Å². The van der Waals surface area contributed by atoms with Crippen molar-refractivity contribution in [2.45, 2.75) is 31.3 Å². The molecule has 7 nitrogen and oxygen atoms in total. The van der Waals surface area contributed by atoms with E-state index in [1.54, 1.807) is 54.6 Å². The number of aliphatic carboxylic acids is 1. The molecule has 3 aromatic rings. The van der Waals surface area contributed by atoms with Crippen LogP contribution < -0.4 is 15.0 Å². The molecule has 0 bridgehead atoms. The largest absolute Gasteiger partial charge is 0.573 e. The van der Waals surface area contributed by atoms with Crippen LogP contribution >= 0.6 is 0 Å². The number of rotatable bonds is 6. The van der Waals surface area contributed by atoms with E-state index in [2.05, 4.69) is 10.1 Å². The molecule has 0 spiro atoms. The molecule has 2 aliphatic rings. The van der Waals surface area contributed by atoms with Crippen molar-refractivity contribution in [1.29, 1.82) is 0 Å². The highest BCUT2D eigenvalue weighted by atomic mass is 19.4. The number of carbonyl (C=O) groups is 3. The number of anilines is 1. The third kappa shape index (κ3) is 4.10. The minimum absolute atomic E-state index is 0.185. The van der Waals surface area contributed by atoms with Crippen molar-refractivity contribution in [3.63, 3.8) is 0 Å². The van der Waals surface area contributed by atoms with Gasteiger partial charge in [-0.3, -0.25) is 14.9 Å². The molecule has 0 radical (unpaired) electrons. The monoisotopic (exact) mass is 524 g/mol. The zero-order valence-electron chi connectivity index (χ0n) is 20.1. The van der Waals surface area contributed by atoms with E-state index in [9.17, 15) is 32.7 Å². The minimum atomic E-state index is -4.94. The van der Waals surface area contributed by atoms with E-state index in [1.807, 2.05) is 6.92 Å². The maximum absolute atomic E-state index is 13.9. The summed E-state index contributed by atoms with van der Waals surface area (Å²) in [5, 5.41) is 13.5. The lowest BCUT2D eigenvalue weighted by Crippen LogP contribution is -2.53. The standard InChI is InChI=1S/C28H23F3N2O5/c1-2-16-11-13-19(14-12-16)33-24(34)21-22(25(33)35)27(26(36)37,18-8-4-3-5-9-18)32-23(21)17-7-6-10-20(15-17)38-28(29,30)31/h3-15,21-23,32H,2H2,1H3,(H,36,37). The van der Waals surface area contributed by atoms with E-state index in [0.717, 1.165) is 29.0 Å². The van der Waals surface area contributed by atoms with Gasteiger partial charge in [0.05, 0.1) is 17.5 Å². The average Bonchev–Trinajstić information content (AvgIpc) is 3.38. The van der Waals surface area contributed by atoms with Crippen molar-refractivity contribution >= 4 is 23.5 Å². The van der Waals surface area contributed by atoms with Gasteiger partial charge in [-0.25, -0.2) is 9.69 Å². The summed E-state index contributed by atoms with van der Waals surface area (Å²) < 4.78 is 42.8. The van der Waals surface area contributed by atoms with Gasteiger partial charge < -0.3 is 9.84 Å². The first-order chi connectivity index (χ1) is 18.1. The Balaban J connectivity index is 1.66. The number of fused-ring (bicyclic) bond motifs is 1. The summed E-state index contributed by atoms with van der Waals surface area (Å²) >= 11 is 0. The number of alkyl halides is 3. The molecule has 38 heavy (non-hydrogen) atoms. The number of carboxylic acids is 1. The fraction of sp³-hybridized carbons (Fsp3) is 0.250. The fourth-order valence-corrected chi connectivity index (χ4v) is 5.52. The molecule has 0 aliphatic carbocycles. The molecule has 2 aliphatic heterocycles. The normalized spacial score (nSPS) is 24.9. The van der Waals surface area contributed by atoms with Crippen LogP contribution in [0.3, 0.4) is 0 Å². The van der Waals surface area contributed by atoms with Gasteiger partial charge in [-0.1, -0.05) is 61.5 Å². The lowest BCUT2D eigenvalue weighted by atomic mass is 9.75. The topological polar surface area (TPSA) is 95.9 Å². The number of carboxylic acid groups (broad SMARTS) is 1. The highest BCUT2D eigenvalue weighted by Gasteiger charge is 2.69. The molecule has 2 amide bonds. The highest BCUT2D eigenvalue weighted by Crippen LogP contribution is 2.54. The third-order valence-corrected chi connectivity index (χ3v) is 7.18. The second kappa shape index (κ2) is 9.29. The van der Waals surface area contributed by atoms with Gasteiger partial charge in [-0.05, 0) is 47.4 Å². The van der Waals surface area contributed by atoms with E-state index < -0.39 is 53.3 Å². The van der Waals surface area contributed by atoms with Crippen LogP contribution in [-0.4, -0.2) is 29.3 Å².